The molecule has 2 heteroatoms. The van der Waals surface area contributed by atoms with Crippen molar-refractivity contribution < 1.29 is 0 Å². The van der Waals surface area contributed by atoms with Crippen molar-refractivity contribution in [1.29, 1.82) is 0 Å². The lowest BCUT2D eigenvalue weighted by Crippen LogP contribution is -1.90. The molecule has 0 saturated heterocycles. The maximum absolute atomic E-state index is 4.91. The van der Waals surface area contributed by atoms with Gasteiger partial charge >= 0.3 is 0 Å². The number of rotatable bonds is 10. The Kier molecular flexibility index (Phi) is 38.2. The van der Waals surface area contributed by atoms with Crippen molar-refractivity contribution in [1.82, 2.24) is 5.32 Å². The van der Waals surface area contributed by atoms with Gasteiger partial charge in [-0.05, 0) is 14.1 Å². The lowest BCUT2D eigenvalue weighted by Gasteiger charge is -1.99. The lowest BCUT2D eigenvalue weighted by atomic mass is 10.1. The second-order valence-electron chi connectivity index (χ2n) is 4.85. The average Bonchev–Trinajstić information content (AvgIpc) is 2.43. The van der Waals surface area contributed by atoms with Crippen LogP contribution in [0.3, 0.4) is 0 Å². The summed E-state index contributed by atoms with van der Waals surface area (Å²) in [7, 11) is 3.75. The normalized spacial score (nSPS) is 8.89. The molecule has 0 radical (unpaired) electrons. The summed E-state index contributed by atoms with van der Waals surface area (Å²) in [6.45, 7) is 8.50. The summed E-state index contributed by atoms with van der Waals surface area (Å²) >= 11 is 0. The van der Waals surface area contributed by atoms with E-state index in [1.807, 2.05) is 14.1 Å². The van der Waals surface area contributed by atoms with Crippen LogP contribution in [0.4, 0.5) is 0 Å². The van der Waals surface area contributed by atoms with Gasteiger partial charge in [-0.25, -0.2) is 0 Å². The number of nitrogens with one attached hydrogen (secondary N) is 1. The fraction of sp³-hybridized carbons (Fsp3) is 0.882. The van der Waals surface area contributed by atoms with Crippen molar-refractivity contribution in [2.24, 2.45) is 5.73 Å². The van der Waals surface area contributed by atoms with E-state index in [2.05, 4.69) is 25.7 Å². The van der Waals surface area contributed by atoms with Gasteiger partial charge in [-0.15, -0.1) is 6.58 Å². The zero-order valence-corrected chi connectivity index (χ0v) is 14.1. The monoisotopic (exact) mass is 272 g/mol. The Hall–Kier alpha value is -0.340. The van der Waals surface area contributed by atoms with Gasteiger partial charge in [0.2, 0.25) is 0 Å². The summed E-state index contributed by atoms with van der Waals surface area (Å²) in [5.41, 5.74) is 4.91. The van der Waals surface area contributed by atoms with Gasteiger partial charge in [0.05, 0.1) is 0 Å². The van der Waals surface area contributed by atoms with E-state index in [-0.39, 0.29) is 0 Å². The first kappa shape index (κ1) is 23.7. The largest absolute Gasteiger partial charge is 0.327 e. The molecule has 0 fully saturated rings. The van der Waals surface area contributed by atoms with E-state index < -0.39 is 0 Å². The summed E-state index contributed by atoms with van der Waals surface area (Å²) < 4.78 is 0. The van der Waals surface area contributed by atoms with Crippen LogP contribution in [-0.2, 0) is 0 Å². The number of nitrogens with two attached hydrogens (primary N) is 1. The topological polar surface area (TPSA) is 38.0 Å². The van der Waals surface area contributed by atoms with Crippen LogP contribution in [0.1, 0.15) is 78.1 Å². The van der Waals surface area contributed by atoms with Crippen molar-refractivity contribution in [2.75, 3.05) is 20.6 Å². The van der Waals surface area contributed by atoms with Gasteiger partial charge < -0.3 is 11.1 Å². The van der Waals surface area contributed by atoms with E-state index >= 15 is 0 Å². The molecule has 0 heterocycles. The van der Waals surface area contributed by atoms with E-state index in [4.69, 9.17) is 5.73 Å². The molecule has 0 atom stereocenters. The first-order chi connectivity index (χ1) is 9.24. The van der Waals surface area contributed by atoms with Crippen LogP contribution in [0.2, 0.25) is 0 Å². The van der Waals surface area contributed by atoms with E-state index in [9.17, 15) is 0 Å². The minimum Gasteiger partial charge on any atom is -0.327 e. The van der Waals surface area contributed by atoms with E-state index in [1.165, 1.54) is 64.2 Å². The molecule has 2 nitrogen and oxygen atoms in total. The van der Waals surface area contributed by atoms with Crippen molar-refractivity contribution in [3.05, 3.63) is 12.7 Å². The predicted molar refractivity (Wildman–Crippen MR) is 91.8 cm³/mol. The summed E-state index contributed by atoms with van der Waals surface area (Å²) in [5, 5.41) is 2.75. The second-order valence-corrected chi connectivity index (χ2v) is 4.85. The third-order valence-corrected chi connectivity index (χ3v) is 2.62. The van der Waals surface area contributed by atoms with Crippen molar-refractivity contribution >= 4 is 0 Å². The Bertz CT molecular complexity index is 114. The predicted octanol–water partition coefficient (Wildman–Crippen LogP) is 4.89. The van der Waals surface area contributed by atoms with Crippen LogP contribution in [0.15, 0.2) is 12.7 Å². The molecule has 19 heavy (non-hydrogen) atoms. The fourth-order valence-electron chi connectivity index (χ4n) is 1.56. The second kappa shape index (κ2) is 30.6. The Morgan fingerprint density at radius 3 is 1.16 bits per heavy atom. The zero-order chi connectivity index (χ0) is 15.2. The molecule has 118 valence electrons. The molecule has 3 N–H and O–H groups in total. The third-order valence-electron chi connectivity index (χ3n) is 2.62. The molecular weight excluding hydrogens is 232 g/mol. The standard InChI is InChI=1S/C12H26.C3H7N.C2H7N/c1-3-5-7-9-11-12-10-8-6-4-2;1-2-3-4;1-3-2/h3-12H2,1-2H3;2H,1,3-4H2;3H,1-2H3. The van der Waals surface area contributed by atoms with Crippen molar-refractivity contribution in [3.63, 3.8) is 0 Å². The minimum atomic E-state index is 0.583. The summed E-state index contributed by atoms with van der Waals surface area (Å²) in [6, 6.07) is 0. The number of unbranched alkanes of at least 4 members (excludes halogenated alkanes) is 9. The molecule has 0 aromatic rings. The molecule has 0 spiro atoms. The van der Waals surface area contributed by atoms with Crippen LogP contribution in [-0.4, -0.2) is 20.6 Å². The third kappa shape index (κ3) is 46.4. The molecule has 0 aromatic carbocycles. The van der Waals surface area contributed by atoms with Crippen molar-refractivity contribution in [3.8, 4) is 0 Å². The lowest BCUT2D eigenvalue weighted by molar-refractivity contribution is 0.562. The van der Waals surface area contributed by atoms with Gasteiger partial charge in [0.15, 0.2) is 0 Å². The maximum Gasteiger partial charge on any atom is 0.0104 e. The van der Waals surface area contributed by atoms with Gasteiger partial charge in [0.25, 0.3) is 0 Å². The first-order valence-corrected chi connectivity index (χ1v) is 8.14. The summed E-state index contributed by atoms with van der Waals surface area (Å²) in [5.74, 6) is 0. The van der Waals surface area contributed by atoms with Crippen LogP contribution < -0.4 is 11.1 Å². The van der Waals surface area contributed by atoms with Gasteiger partial charge in [-0.2, -0.15) is 0 Å². The van der Waals surface area contributed by atoms with Gasteiger partial charge in [-0.3, -0.25) is 0 Å². The summed E-state index contributed by atoms with van der Waals surface area (Å²) in [6.07, 6.45) is 16.1. The van der Waals surface area contributed by atoms with E-state index in [1.54, 1.807) is 6.08 Å². The number of hydrogen-bond donors (Lipinski definition) is 2. The Balaban J connectivity index is -0.000000303. The molecular formula is C17H40N2. The van der Waals surface area contributed by atoms with Crippen LogP contribution in [0, 0.1) is 0 Å². The first-order valence-electron chi connectivity index (χ1n) is 8.14. The number of hydrogen-bond acceptors (Lipinski definition) is 2. The quantitative estimate of drug-likeness (QED) is 0.439. The Morgan fingerprint density at radius 1 is 0.789 bits per heavy atom. The molecule has 0 bridgehead atoms. The Morgan fingerprint density at radius 2 is 1.00 bits per heavy atom. The molecule has 0 aliphatic heterocycles. The highest BCUT2D eigenvalue weighted by Crippen LogP contribution is 2.09. The van der Waals surface area contributed by atoms with Crippen LogP contribution >= 0.6 is 0 Å². The highest BCUT2D eigenvalue weighted by molar-refractivity contribution is 4.64. The highest BCUT2D eigenvalue weighted by atomic mass is 14.7. The molecule has 0 saturated carbocycles. The molecule has 0 amide bonds. The molecule has 0 aliphatic rings. The smallest absolute Gasteiger partial charge is 0.0104 e. The molecule has 0 unspecified atom stereocenters. The molecule has 0 rings (SSSR count). The maximum atomic E-state index is 4.91. The molecule has 0 aromatic heterocycles. The highest BCUT2D eigenvalue weighted by Gasteiger charge is 1.90. The van der Waals surface area contributed by atoms with Crippen molar-refractivity contribution in [2.45, 2.75) is 78.1 Å². The zero-order valence-electron chi connectivity index (χ0n) is 14.1. The van der Waals surface area contributed by atoms with Crippen LogP contribution in [0.25, 0.3) is 0 Å². The van der Waals surface area contributed by atoms with Gasteiger partial charge in [-0.1, -0.05) is 84.1 Å². The average molecular weight is 273 g/mol. The summed E-state index contributed by atoms with van der Waals surface area (Å²) in [4.78, 5) is 0. The molecule has 0 aliphatic carbocycles. The van der Waals surface area contributed by atoms with Gasteiger partial charge in [0, 0.05) is 6.54 Å². The minimum absolute atomic E-state index is 0.583. The Labute approximate surface area is 123 Å². The fourth-order valence-corrected chi connectivity index (χ4v) is 1.56. The van der Waals surface area contributed by atoms with Crippen LogP contribution in [0.5, 0.6) is 0 Å². The van der Waals surface area contributed by atoms with E-state index in [0.29, 0.717) is 6.54 Å². The van der Waals surface area contributed by atoms with E-state index in [0.717, 1.165) is 0 Å². The SMILES string of the molecule is C=CCN.CCCCCCCCCCCC.CNC. The van der Waals surface area contributed by atoms with Gasteiger partial charge in [0.1, 0.15) is 0 Å².